The van der Waals surface area contributed by atoms with Gasteiger partial charge in [0.2, 0.25) is 0 Å². The molecule has 1 saturated heterocycles. The van der Waals surface area contributed by atoms with E-state index in [9.17, 15) is 0 Å². The lowest BCUT2D eigenvalue weighted by atomic mass is 9.99. The van der Waals surface area contributed by atoms with Gasteiger partial charge in [0.05, 0.1) is 30.1 Å². The highest BCUT2D eigenvalue weighted by Crippen LogP contribution is 2.29. The summed E-state index contributed by atoms with van der Waals surface area (Å²) < 4.78 is 18.4. The summed E-state index contributed by atoms with van der Waals surface area (Å²) in [4.78, 5) is 0. The van der Waals surface area contributed by atoms with Crippen LogP contribution in [0.2, 0.25) is 0 Å². The van der Waals surface area contributed by atoms with E-state index in [1.165, 1.54) is 0 Å². The Morgan fingerprint density at radius 3 is 1.97 bits per heavy atom. The molecule has 3 aromatic rings. The first-order valence-corrected chi connectivity index (χ1v) is 11.3. The molecule has 1 N–H and O–H groups in total. The van der Waals surface area contributed by atoms with Crippen molar-refractivity contribution in [2.45, 2.75) is 51.4 Å². The van der Waals surface area contributed by atoms with Gasteiger partial charge in [-0.25, -0.2) is 5.43 Å². The number of para-hydroxylation sites is 2. The van der Waals surface area contributed by atoms with E-state index >= 15 is 0 Å². The third-order valence-electron chi connectivity index (χ3n) is 5.63. The molecule has 0 aliphatic carbocycles. The van der Waals surface area contributed by atoms with Crippen LogP contribution in [0.3, 0.4) is 0 Å². The number of nitrogens with one attached hydrogen (secondary N) is 1. The van der Waals surface area contributed by atoms with Crippen LogP contribution in [0.15, 0.2) is 91.0 Å². The molecule has 5 heteroatoms. The monoisotopic (exact) mass is 432 g/mol. The van der Waals surface area contributed by atoms with Crippen molar-refractivity contribution in [3.63, 3.8) is 0 Å². The quantitative estimate of drug-likeness (QED) is 0.455. The van der Waals surface area contributed by atoms with Crippen LogP contribution in [-0.2, 0) is 20.8 Å². The zero-order valence-electron chi connectivity index (χ0n) is 18.8. The minimum absolute atomic E-state index is 0.000533. The number of benzene rings is 3. The normalized spacial score (nSPS) is 23.1. The lowest BCUT2D eigenvalue weighted by Crippen LogP contribution is -2.58. The topological polar surface area (TPSA) is 43.0 Å². The van der Waals surface area contributed by atoms with Crippen molar-refractivity contribution in [3.8, 4) is 0 Å². The molecule has 1 heterocycles. The lowest BCUT2D eigenvalue weighted by Gasteiger charge is -2.43. The molecule has 0 unspecified atom stereocenters. The molecule has 5 nitrogen and oxygen atoms in total. The highest BCUT2D eigenvalue weighted by molar-refractivity contribution is 5.61. The van der Waals surface area contributed by atoms with Gasteiger partial charge in [0.25, 0.3) is 0 Å². The summed E-state index contributed by atoms with van der Waals surface area (Å²) in [6.45, 7) is 5.20. The first-order chi connectivity index (χ1) is 15.7. The minimum Gasteiger partial charge on any atom is -0.369 e. The molecular formula is C27H32N2O3. The van der Waals surface area contributed by atoms with Gasteiger partial charge in [0.1, 0.15) is 6.10 Å². The van der Waals surface area contributed by atoms with Gasteiger partial charge < -0.3 is 14.2 Å². The molecule has 3 aromatic carbocycles. The number of hydrogen-bond donors (Lipinski definition) is 1. The lowest BCUT2D eigenvalue weighted by molar-refractivity contribution is -0.234. The zero-order valence-corrected chi connectivity index (χ0v) is 18.8. The molecule has 0 spiro atoms. The average Bonchev–Trinajstić information content (AvgIpc) is 2.84. The molecule has 32 heavy (non-hydrogen) atoms. The summed E-state index contributed by atoms with van der Waals surface area (Å²) >= 11 is 0. The van der Waals surface area contributed by atoms with Crippen molar-refractivity contribution in [3.05, 3.63) is 96.6 Å². The van der Waals surface area contributed by atoms with E-state index in [0.29, 0.717) is 19.6 Å². The third kappa shape index (κ3) is 5.75. The number of hydrazine groups is 1. The maximum absolute atomic E-state index is 6.42. The first kappa shape index (κ1) is 22.5. The molecule has 0 aromatic heterocycles. The molecule has 0 saturated carbocycles. The highest BCUT2D eigenvalue weighted by Gasteiger charge is 2.39. The van der Waals surface area contributed by atoms with Crippen LogP contribution < -0.4 is 10.4 Å². The first-order valence-electron chi connectivity index (χ1n) is 11.3. The van der Waals surface area contributed by atoms with Gasteiger partial charge in [-0.3, -0.25) is 5.01 Å². The van der Waals surface area contributed by atoms with E-state index in [2.05, 4.69) is 53.8 Å². The Morgan fingerprint density at radius 1 is 0.844 bits per heavy atom. The SMILES string of the molecule is CCO[C@H]1C[C@@H](NN(c2ccccc2)c2ccccc2)[C@H](OCc2ccccc2)[C@H](C)O1. The zero-order chi connectivity index (χ0) is 22.2. The van der Waals surface area contributed by atoms with E-state index < -0.39 is 0 Å². The third-order valence-corrected chi connectivity index (χ3v) is 5.63. The number of hydrogen-bond acceptors (Lipinski definition) is 5. The van der Waals surface area contributed by atoms with Gasteiger partial charge in [-0.1, -0.05) is 66.7 Å². The number of ether oxygens (including phenoxy) is 3. The van der Waals surface area contributed by atoms with E-state index in [1.807, 2.05) is 61.5 Å². The highest BCUT2D eigenvalue weighted by atomic mass is 16.7. The molecule has 1 aliphatic heterocycles. The summed E-state index contributed by atoms with van der Waals surface area (Å²) in [5.41, 5.74) is 7.01. The molecule has 168 valence electrons. The van der Waals surface area contributed by atoms with Gasteiger partial charge in [-0.05, 0) is 43.7 Å². The Kier molecular flexibility index (Phi) is 7.91. The van der Waals surface area contributed by atoms with E-state index in [4.69, 9.17) is 14.2 Å². The Labute approximate surface area is 190 Å². The van der Waals surface area contributed by atoms with Gasteiger partial charge in [0, 0.05) is 13.0 Å². The van der Waals surface area contributed by atoms with Gasteiger partial charge in [-0.15, -0.1) is 0 Å². The summed E-state index contributed by atoms with van der Waals surface area (Å²) in [5.74, 6) is 0. The summed E-state index contributed by atoms with van der Waals surface area (Å²) in [5, 5.41) is 2.13. The predicted octanol–water partition coefficient (Wildman–Crippen LogP) is 5.45. The standard InChI is InChI=1S/C27H32N2O3/c1-3-30-26-19-25(27(21(2)32-26)31-20-22-13-7-4-8-14-22)28-29(23-15-9-5-10-16-23)24-17-11-6-12-18-24/h4-18,21,25-28H,3,19-20H2,1-2H3/t21-,25+,26+,27+/m0/s1. The van der Waals surface area contributed by atoms with E-state index in [0.717, 1.165) is 16.9 Å². The Balaban J connectivity index is 1.58. The molecule has 0 bridgehead atoms. The Hall–Kier alpha value is -2.70. The number of nitrogens with zero attached hydrogens (tertiary/aromatic N) is 1. The molecule has 4 rings (SSSR count). The van der Waals surface area contributed by atoms with Gasteiger partial charge in [-0.2, -0.15) is 0 Å². The van der Waals surface area contributed by atoms with Crippen LogP contribution >= 0.6 is 0 Å². The minimum atomic E-state index is -0.266. The van der Waals surface area contributed by atoms with Crippen molar-refractivity contribution in [1.29, 1.82) is 0 Å². The summed E-state index contributed by atoms with van der Waals surface area (Å²) in [6.07, 6.45) is 0.169. The number of anilines is 2. The Morgan fingerprint density at radius 2 is 1.41 bits per heavy atom. The van der Waals surface area contributed by atoms with Crippen molar-refractivity contribution in [1.82, 2.24) is 5.43 Å². The molecule has 1 aliphatic rings. The predicted molar refractivity (Wildman–Crippen MR) is 128 cm³/mol. The molecular weight excluding hydrogens is 400 g/mol. The second-order valence-electron chi connectivity index (χ2n) is 7.97. The van der Waals surface area contributed by atoms with E-state index in [-0.39, 0.29) is 24.5 Å². The molecule has 1 fully saturated rings. The van der Waals surface area contributed by atoms with Crippen molar-refractivity contribution < 1.29 is 14.2 Å². The van der Waals surface area contributed by atoms with Crippen molar-refractivity contribution in [2.24, 2.45) is 0 Å². The fraction of sp³-hybridized carbons (Fsp3) is 0.333. The fourth-order valence-corrected chi connectivity index (χ4v) is 4.10. The smallest absolute Gasteiger partial charge is 0.159 e. The van der Waals surface area contributed by atoms with Crippen LogP contribution in [0.4, 0.5) is 11.4 Å². The Bertz CT molecular complexity index is 884. The van der Waals surface area contributed by atoms with Crippen LogP contribution in [0.25, 0.3) is 0 Å². The number of rotatable bonds is 9. The summed E-state index contributed by atoms with van der Waals surface area (Å²) in [6, 6.07) is 30.9. The van der Waals surface area contributed by atoms with Crippen molar-refractivity contribution >= 4 is 11.4 Å². The second kappa shape index (κ2) is 11.2. The maximum Gasteiger partial charge on any atom is 0.159 e. The van der Waals surface area contributed by atoms with Crippen LogP contribution in [0.1, 0.15) is 25.8 Å². The van der Waals surface area contributed by atoms with Gasteiger partial charge >= 0.3 is 0 Å². The van der Waals surface area contributed by atoms with Crippen molar-refractivity contribution in [2.75, 3.05) is 11.6 Å². The van der Waals surface area contributed by atoms with Crippen LogP contribution in [-0.4, -0.2) is 31.1 Å². The van der Waals surface area contributed by atoms with Gasteiger partial charge in [0.15, 0.2) is 6.29 Å². The van der Waals surface area contributed by atoms with Crippen LogP contribution in [0, 0.1) is 0 Å². The largest absolute Gasteiger partial charge is 0.369 e. The second-order valence-corrected chi connectivity index (χ2v) is 7.97. The fourth-order valence-electron chi connectivity index (χ4n) is 4.10. The average molecular weight is 433 g/mol. The maximum atomic E-state index is 6.42. The van der Waals surface area contributed by atoms with Crippen LogP contribution in [0.5, 0.6) is 0 Å². The molecule has 0 amide bonds. The molecule has 4 atom stereocenters. The van der Waals surface area contributed by atoms with E-state index in [1.54, 1.807) is 0 Å². The summed E-state index contributed by atoms with van der Waals surface area (Å²) in [7, 11) is 0. The molecule has 0 radical (unpaired) electrons.